The quantitative estimate of drug-likeness (QED) is 0.418. The first-order valence-corrected chi connectivity index (χ1v) is 11.7. The maximum absolute atomic E-state index is 12.5. The highest BCUT2D eigenvalue weighted by atomic mass is 79.9. The number of hydrazone groups is 1. The van der Waals surface area contributed by atoms with E-state index in [4.69, 9.17) is 4.74 Å². The number of aryl methyl sites for hydroxylation is 1. The summed E-state index contributed by atoms with van der Waals surface area (Å²) in [5, 5.41) is 4.41. The molecule has 0 saturated heterocycles. The fourth-order valence-corrected chi connectivity index (χ4v) is 5.77. The molecule has 6 heteroatoms. The van der Waals surface area contributed by atoms with Crippen LogP contribution in [0.3, 0.4) is 0 Å². The van der Waals surface area contributed by atoms with Crippen LogP contribution in [-0.2, 0) is 6.61 Å². The Hall–Kier alpha value is -1.66. The van der Waals surface area contributed by atoms with E-state index in [0.29, 0.717) is 18.1 Å². The lowest BCUT2D eigenvalue weighted by atomic mass is 9.72. The third-order valence-corrected chi connectivity index (χ3v) is 6.40. The van der Waals surface area contributed by atoms with Gasteiger partial charge < -0.3 is 4.74 Å². The average Bonchev–Trinajstić information content (AvgIpc) is 2.64. The summed E-state index contributed by atoms with van der Waals surface area (Å²) in [5.41, 5.74) is 6.76. The molecule has 2 aromatic rings. The summed E-state index contributed by atoms with van der Waals surface area (Å²) >= 11 is 7.08. The van der Waals surface area contributed by atoms with E-state index in [1.807, 2.05) is 31.2 Å². The summed E-state index contributed by atoms with van der Waals surface area (Å²) in [6.07, 6.45) is 3.07. The number of carbonyl (C=O) groups is 1. The second kappa shape index (κ2) is 9.65. The summed E-state index contributed by atoms with van der Waals surface area (Å²) in [7, 11) is 0. The molecule has 160 valence electrons. The van der Waals surface area contributed by atoms with Crippen molar-refractivity contribution in [3.05, 3.63) is 62.0 Å². The fraction of sp³-hybridized carbons (Fsp3) is 0.417. The Kier molecular flexibility index (Phi) is 7.40. The highest BCUT2D eigenvalue weighted by Crippen LogP contribution is 2.37. The maximum Gasteiger partial charge on any atom is 0.271 e. The van der Waals surface area contributed by atoms with Gasteiger partial charge in [0.15, 0.2) is 0 Å². The first-order chi connectivity index (χ1) is 14.1. The number of benzene rings is 2. The van der Waals surface area contributed by atoms with Crippen LogP contribution in [0.25, 0.3) is 0 Å². The molecular formula is C24H28Br2N2O2. The topological polar surface area (TPSA) is 50.7 Å². The van der Waals surface area contributed by atoms with Gasteiger partial charge in [0.1, 0.15) is 12.4 Å². The molecule has 0 aromatic heterocycles. The number of hydrogen-bond acceptors (Lipinski definition) is 3. The Labute approximate surface area is 195 Å². The number of hydrogen-bond donors (Lipinski definition) is 1. The zero-order chi connectivity index (χ0) is 21.9. The Bertz CT molecular complexity index is 929. The first kappa shape index (κ1) is 23.0. The molecule has 0 unspecified atom stereocenters. The van der Waals surface area contributed by atoms with E-state index in [1.165, 1.54) is 6.42 Å². The highest BCUT2D eigenvalue weighted by molar-refractivity contribution is 9.11. The van der Waals surface area contributed by atoms with Gasteiger partial charge in [-0.2, -0.15) is 5.10 Å². The number of halogens is 2. The molecule has 4 nitrogen and oxygen atoms in total. The lowest BCUT2D eigenvalue weighted by molar-refractivity contribution is 0.0954. The van der Waals surface area contributed by atoms with Crippen LogP contribution in [0, 0.1) is 18.3 Å². The third-order valence-electron chi connectivity index (χ3n) is 5.23. The predicted octanol–water partition coefficient (Wildman–Crippen LogP) is 7.03. The second-order valence-electron chi connectivity index (χ2n) is 9.02. The van der Waals surface area contributed by atoms with Crippen molar-refractivity contribution >= 4 is 43.5 Å². The molecule has 3 rings (SSSR count). The van der Waals surface area contributed by atoms with Crippen molar-refractivity contribution in [1.29, 1.82) is 0 Å². The van der Waals surface area contributed by atoms with E-state index < -0.39 is 0 Å². The molecule has 1 fully saturated rings. The first-order valence-electron chi connectivity index (χ1n) is 10.2. The van der Waals surface area contributed by atoms with E-state index in [1.54, 1.807) is 12.1 Å². The van der Waals surface area contributed by atoms with Crippen LogP contribution in [0.1, 0.15) is 61.5 Å². The maximum atomic E-state index is 12.5. The van der Waals surface area contributed by atoms with Crippen molar-refractivity contribution in [2.24, 2.45) is 16.4 Å². The largest absolute Gasteiger partial charge is 0.487 e. The molecule has 1 aliphatic rings. The van der Waals surface area contributed by atoms with Gasteiger partial charge in [0, 0.05) is 11.3 Å². The zero-order valence-electron chi connectivity index (χ0n) is 17.9. The number of carbonyl (C=O) groups excluding carboxylic acids is 1. The molecule has 1 saturated carbocycles. The number of nitrogens with one attached hydrogen (secondary N) is 1. The number of amides is 1. The Morgan fingerprint density at radius 3 is 2.43 bits per heavy atom. The Morgan fingerprint density at radius 1 is 1.20 bits per heavy atom. The van der Waals surface area contributed by atoms with Crippen molar-refractivity contribution in [1.82, 2.24) is 5.43 Å². The van der Waals surface area contributed by atoms with Crippen LogP contribution in [0.5, 0.6) is 5.75 Å². The van der Waals surface area contributed by atoms with Crippen molar-refractivity contribution in [3.63, 3.8) is 0 Å². The van der Waals surface area contributed by atoms with Gasteiger partial charge in [-0.25, -0.2) is 5.43 Å². The van der Waals surface area contributed by atoms with Crippen LogP contribution in [-0.4, -0.2) is 11.6 Å². The van der Waals surface area contributed by atoms with Gasteiger partial charge in [-0.15, -0.1) is 0 Å². The van der Waals surface area contributed by atoms with Crippen LogP contribution < -0.4 is 10.2 Å². The van der Waals surface area contributed by atoms with Gasteiger partial charge in [-0.1, -0.05) is 32.9 Å². The summed E-state index contributed by atoms with van der Waals surface area (Å²) in [5.74, 6) is 1.18. The van der Waals surface area contributed by atoms with Gasteiger partial charge in [0.25, 0.3) is 5.91 Å². The lowest BCUT2D eigenvalue weighted by Gasteiger charge is -2.34. The van der Waals surface area contributed by atoms with E-state index in [2.05, 4.69) is 63.2 Å². The summed E-state index contributed by atoms with van der Waals surface area (Å²) in [6.45, 7) is 9.21. The monoisotopic (exact) mass is 534 g/mol. The second-order valence-corrected chi connectivity index (χ2v) is 10.7. The van der Waals surface area contributed by atoms with Crippen LogP contribution in [0.15, 0.2) is 50.4 Å². The molecular weight excluding hydrogens is 508 g/mol. The van der Waals surface area contributed by atoms with Crippen molar-refractivity contribution in [3.8, 4) is 5.75 Å². The summed E-state index contributed by atoms with van der Waals surface area (Å²) in [4.78, 5) is 12.5. The standard InChI is InChI=1S/C24H28Br2N2O2/c1-15-10-20(25)22(21(26)11-15)30-14-17-5-7-18(8-6-17)23(29)28-27-19-9-16(2)12-24(3,4)13-19/h5-8,10-11,16H,9,12-14H2,1-4H3,(H,28,29)/b27-19-/t16-/m1/s1. The zero-order valence-corrected chi connectivity index (χ0v) is 21.1. The smallest absolute Gasteiger partial charge is 0.271 e. The van der Waals surface area contributed by atoms with E-state index >= 15 is 0 Å². The molecule has 0 heterocycles. The van der Waals surface area contributed by atoms with Gasteiger partial charge >= 0.3 is 0 Å². The Morgan fingerprint density at radius 2 is 1.83 bits per heavy atom. The molecule has 0 aliphatic heterocycles. The lowest BCUT2D eigenvalue weighted by Crippen LogP contribution is -2.30. The summed E-state index contributed by atoms with van der Waals surface area (Å²) in [6, 6.07) is 11.5. The third kappa shape index (κ3) is 6.17. The van der Waals surface area contributed by atoms with Gasteiger partial charge in [-0.3, -0.25) is 4.79 Å². The number of rotatable bonds is 5. The van der Waals surface area contributed by atoms with E-state index in [0.717, 1.165) is 44.4 Å². The minimum absolute atomic E-state index is 0.185. The normalized spacial score (nSPS) is 19.5. The Balaban J connectivity index is 1.59. The molecule has 1 atom stereocenters. The average molecular weight is 536 g/mol. The van der Waals surface area contributed by atoms with Crippen LogP contribution in [0.2, 0.25) is 0 Å². The minimum atomic E-state index is -0.185. The predicted molar refractivity (Wildman–Crippen MR) is 129 cm³/mol. The highest BCUT2D eigenvalue weighted by Gasteiger charge is 2.29. The number of ether oxygens (including phenoxy) is 1. The molecule has 0 bridgehead atoms. The molecule has 0 radical (unpaired) electrons. The van der Waals surface area contributed by atoms with Gasteiger partial charge in [0.2, 0.25) is 0 Å². The van der Waals surface area contributed by atoms with Crippen molar-refractivity contribution < 1.29 is 9.53 Å². The minimum Gasteiger partial charge on any atom is -0.487 e. The summed E-state index contributed by atoms with van der Waals surface area (Å²) < 4.78 is 7.76. The molecule has 1 N–H and O–H groups in total. The van der Waals surface area contributed by atoms with Crippen molar-refractivity contribution in [2.45, 2.75) is 53.6 Å². The van der Waals surface area contributed by atoms with E-state index in [9.17, 15) is 4.79 Å². The number of nitrogens with zero attached hydrogens (tertiary/aromatic N) is 1. The van der Waals surface area contributed by atoms with Crippen LogP contribution in [0.4, 0.5) is 0 Å². The molecule has 0 spiro atoms. The van der Waals surface area contributed by atoms with Crippen LogP contribution >= 0.6 is 31.9 Å². The molecule has 2 aromatic carbocycles. The van der Waals surface area contributed by atoms with Gasteiger partial charge in [0.05, 0.1) is 8.95 Å². The van der Waals surface area contributed by atoms with Crippen molar-refractivity contribution in [2.75, 3.05) is 0 Å². The molecule has 30 heavy (non-hydrogen) atoms. The SMILES string of the molecule is Cc1cc(Br)c(OCc2ccc(C(=O)N/N=C3/C[C@@H](C)CC(C)(C)C3)cc2)c(Br)c1. The molecule has 1 amide bonds. The van der Waals surface area contributed by atoms with E-state index in [-0.39, 0.29) is 11.3 Å². The molecule has 1 aliphatic carbocycles. The van der Waals surface area contributed by atoms with Gasteiger partial charge in [-0.05, 0) is 105 Å². The fourth-order valence-electron chi connectivity index (χ4n) is 4.13.